The number of hydrogen-bond donors (Lipinski definition) is 1. The highest BCUT2D eigenvalue weighted by atomic mass is 35.5. The van der Waals surface area contributed by atoms with Gasteiger partial charge >= 0.3 is 0 Å². The normalized spacial score (nSPS) is 13.1. The average Bonchev–Trinajstić information content (AvgIpc) is 2.82. The highest BCUT2D eigenvalue weighted by Crippen LogP contribution is 2.25. The van der Waals surface area contributed by atoms with Gasteiger partial charge in [0.1, 0.15) is 6.04 Å². The molecule has 2 amide bonds. The summed E-state index contributed by atoms with van der Waals surface area (Å²) >= 11 is 6.00. The van der Waals surface area contributed by atoms with Crippen LogP contribution in [0.4, 0.5) is 5.69 Å². The van der Waals surface area contributed by atoms with Crippen LogP contribution in [0, 0.1) is 13.8 Å². The van der Waals surface area contributed by atoms with Crippen molar-refractivity contribution in [3.8, 4) is 0 Å². The standard InChI is InChI=1S/C27H38ClN3O4S/c1-7-20(3)29-27(33)22(5)30(18-23-13-15-24(28)16-14-23)26(32)12-9-17-31(36(6,34)35)25-11-8-10-19(2)21(25)4/h8,10-11,13-16,20,22H,7,9,12,17-18H2,1-6H3,(H,29,33)/t20-,22-/m0/s1. The molecule has 2 atom stereocenters. The zero-order valence-corrected chi connectivity index (χ0v) is 23.6. The van der Waals surface area contributed by atoms with Gasteiger partial charge in [-0.2, -0.15) is 0 Å². The molecule has 2 aromatic carbocycles. The van der Waals surface area contributed by atoms with Gasteiger partial charge in [0.25, 0.3) is 0 Å². The fourth-order valence-electron chi connectivity index (χ4n) is 3.82. The van der Waals surface area contributed by atoms with E-state index in [0.29, 0.717) is 17.1 Å². The quantitative estimate of drug-likeness (QED) is 0.421. The van der Waals surface area contributed by atoms with Gasteiger partial charge in [0, 0.05) is 30.6 Å². The van der Waals surface area contributed by atoms with Crippen molar-refractivity contribution in [1.29, 1.82) is 0 Å². The molecule has 0 heterocycles. The van der Waals surface area contributed by atoms with Gasteiger partial charge in [0.2, 0.25) is 21.8 Å². The van der Waals surface area contributed by atoms with Crippen molar-refractivity contribution in [2.45, 2.75) is 72.5 Å². The van der Waals surface area contributed by atoms with E-state index in [4.69, 9.17) is 11.6 Å². The van der Waals surface area contributed by atoms with Gasteiger partial charge < -0.3 is 10.2 Å². The van der Waals surface area contributed by atoms with E-state index in [9.17, 15) is 18.0 Å². The van der Waals surface area contributed by atoms with E-state index in [1.54, 1.807) is 30.0 Å². The average molecular weight is 536 g/mol. The van der Waals surface area contributed by atoms with Crippen LogP contribution in [0.25, 0.3) is 0 Å². The van der Waals surface area contributed by atoms with Crippen molar-refractivity contribution in [2.24, 2.45) is 0 Å². The molecule has 0 saturated carbocycles. The SMILES string of the molecule is CC[C@H](C)NC(=O)[C@H](C)N(Cc1ccc(Cl)cc1)C(=O)CCCN(c1cccc(C)c1C)S(C)(=O)=O. The van der Waals surface area contributed by atoms with Crippen molar-refractivity contribution in [2.75, 3.05) is 17.1 Å². The Labute approximate surface area is 220 Å². The first kappa shape index (κ1) is 29.6. The topological polar surface area (TPSA) is 86.8 Å². The van der Waals surface area contributed by atoms with Crippen LogP contribution < -0.4 is 9.62 Å². The number of carbonyl (C=O) groups excluding carboxylic acids is 2. The first-order valence-corrected chi connectivity index (χ1v) is 14.5. The smallest absolute Gasteiger partial charge is 0.242 e. The Balaban J connectivity index is 2.20. The lowest BCUT2D eigenvalue weighted by Crippen LogP contribution is -2.49. The molecule has 0 spiro atoms. The van der Waals surface area contributed by atoms with Crippen LogP contribution in [0.15, 0.2) is 42.5 Å². The minimum atomic E-state index is -3.54. The van der Waals surface area contributed by atoms with Crippen LogP contribution in [0.3, 0.4) is 0 Å². The Kier molecular flexibility index (Phi) is 10.8. The number of nitrogens with one attached hydrogen (secondary N) is 1. The Morgan fingerprint density at radius 1 is 1.06 bits per heavy atom. The van der Waals surface area contributed by atoms with Crippen LogP contribution in [0.2, 0.25) is 5.02 Å². The molecule has 0 aliphatic heterocycles. The zero-order valence-electron chi connectivity index (χ0n) is 22.0. The van der Waals surface area contributed by atoms with Gasteiger partial charge in [-0.25, -0.2) is 8.42 Å². The molecule has 0 unspecified atom stereocenters. The Bertz CT molecular complexity index is 1150. The molecule has 0 aliphatic carbocycles. The van der Waals surface area contributed by atoms with E-state index in [0.717, 1.165) is 23.1 Å². The first-order chi connectivity index (χ1) is 16.8. The molecule has 198 valence electrons. The van der Waals surface area contributed by atoms with Crippen molar-refractivity contribution in [3.63, 3.8) is 0 Å². The molecule has 9 heteroatoms. The van der Waals surface area contributed by atoms with Crippen LogP contribution in [0.5, 0.6) is 0 Å². The van der Waals surface area contributed by atoms with E-state index in [1.165, 1.54) is 10.6 Å². The fourth-order valence-corrected chi connectivity index (χ4v) is 4.96. The molecular weight excluding hydrogens is 498 g/mol. The molecule has 36 heavy (non-hydrogen) atoms. The third kappa shape index (κ3) is 8.23. The van der Waals surface area contributed by atoms with Gasteiger partial charge in [0.05, 0.1) is 11.9 Å². The van der Waals surface area contributed by atoms with Gasteiger partial charge in [0.15, 0.2) is 0 Å². The lowest BCUT2D eigenvalue weighted by atomic mass is 10.1. The molecule has 0 radical (unpaired) electrons. The number of amides is 2. The fraction of sp³-hybridized carbons (Fsp3) is 0.481. The minimum Gasteiger partial charge on any atom is -0.352 e. The first-order valence-electron chi connectivity index (χ1n) is 12.2. The molecule has 0 fully saturated rings. The summed E-state index contributed by atoms with van der Waals surface area (Å²) in [5, 5.41) is 3.53. The summed E-state index contributed by atoms with van der Waals surface area (Å²) in [5.41, 5.74) is 3.34. The molecule has 0 bridgehead atoms. The molecule has 0 aliphatic rings. The summed E-state index contributed by atoms with van der Waals surface area (Å²) < 4.78 is 26.5. The maximum Gasteiger partial charge on any atom is 0.242 e. The van der Waals surface area contributed by atoms with Crippen LogP contribution in [-0.2, 0) is 26.2 Å². The second-order valence-electron chi connectivity index (χ2n) is 9.30. The van der Waals surface area contributed by atoms with E-state index in [2.05, 4.69) is 5.32 Å². The Hall–Kier alpha value is -2.58. The lowest BCUT2D eigenvalue weighted by molar-refractivity contribution is -0.140. The summed E-state index contributed by atoms with van der Waals surface area (Å²) in [5.74, 6) is -0.439. The van der Waals surface area contributed by atoms with Crippen molar-refractivity contribution >= 4 is 39.1 Å². The van der Waals surface area contributed by atoms with E-state index >= 15 is 0 Å². The number of nitrogens with zero attached hydrogens (tertiary/aromatic N) is 2. The third-order valence-corrected chi connectivity index (χ3v) is 7.86. The second kappa shape index (κ2) is 13.1. The number of hydrogen-bond acceptors (Lipinski definition) is 4. The van der Waals surface area contributed by atoms with Crippen molar-refractivity contribution in [1.82, 2.24) is 10.2 Å². The molecule has 1 N–H and O–H groups in total. The van der Waals surface area contributed by atoms with E-state index < -0.39 is 16.1 Å². The molecule has 0 saturated heterocycles. The number of carbonyl (C=O) groups is 2. The molecule has 0 aromatic heterocycles. The molecule has 7 nitrogen and oxygen atoms in total. The number of aryl methyl sites for hydroxylation is 1. The largest absolute Gasteiger partial charge is 0.352 e. The van der Waals surface area contributed by atoms with Gasteiger partial charge in [-0.1, -0.05) is 42.8 Å². The number of anilines is 1. The van der Waals surface area contributed by atoms with Crippen molar-refractivity contribution < 1.29 is 18.0 Å². The maximum atomic E-state index is 13.4. The Morgan fingerprint density at radius 3 is 2.28 bits per heavy atom. The van der Waals surface area contributed by atoms with Crippen LogP contribution >= 0.6 is 11.6 Å². The summed E-state index contributed by atoms with van der Waals surface area (Å²) in [7, 11) is -3.54. The minimum absolute atomic E-state index is 0.00618. The highest BCUT2D eigenvalue weighted by molar-refractivity contribution is 7.92. The van der Waals surface area contributed by atoms with Gasteiger partial charge in [-0.15, -0.1) is 0 Å². The number of benzene rings is 2. The second-order valence-corrected chi connectivity index (χ2v) is 11.6. The van der Waals surface area contributed by atoms with Crippen LogP contribution in [-0.4, -0.2) is 50.0 Å². The summed E-state index contributed by atoms with van der Waals surface area (Å²) in [6, 6.07) is 12.0. The van der Waals surface area contributed by atoms with Gasteiger partial charge in [-0.3, -0.25) is 13.9 Å². The van der Waals surface area contributed by atoms with E-state index in [1.807, 2.05) is 52.0 Å². The highest BCUT2D eigenvalue weighted by Gasteiger charge is 2.27. The van der Waals surface area contributed by atoms with E-state index in [-0.39, 0.29) is 37.4 Å². The summed E-state index contributed by atoms with van der Waals surface area (Å²) in [6.07, 6.45) is 2.37. The lowest BCUT2D eigenvalue weighted by Gasteiger charge is -2.30. The van der Waals surface area contributed by atoms with Gasteiger partial charge in [-0.05, 0) is 75.4 Å². The number of halogens is 1. The predicted molar refractivity (Wildman–Crippen MR) is 147 cm³/mol. The molecule has 2 aromatic rings. The molecular formula is C27H38ClN3O4S. The number of sulfonamides is 1. The zero-order chi connectivity index (χ0) is 27.0. The summed E-state index contributed by atoms with van der Waals surface area (Å²) in [6.45, 7) is 9.85. The number of rotatable bonds is 12. The van der Waals surface area contributed by atoms with Crippen molar-refractivity contribution in [3.05, 3.63) is 64.2 Å². The van der Waals surface area contributed by atoms with Crippen LogP contribution in [0.1, 0.15) is 56.7 Å². The monoisotopic (exact) mass is 535 g/mol. The maximum absolute atomic E-state index is 13.4. The Morgan fingerprint density at radius 2 is 1.69 bits per heavy atom. The summed E-state index contributed by atoms with van der Waals surface area (Å²) in [4.78, 5) is 27.8. The molecule has 2 rings (SSSR count). The predicted octanol–water partition coefficient (Wildman–Crippen LogP) is 4.84. The third-order valence-electron chi connectivity index (χ3n) is 6.43.